The number of rotatable bonds is 4. The number of carbonyl (C=O) groups excluding carboxylic acids is 1. The van der Waals surface area contributed by atoms with E-state index in [1.54, 1.807) is 12.4 Å². The topological polar surface area (TPSA) is 63.2 Å². The van der Waals surface area contributed by atoms with E-state index >= 15 is 0 Å². The van der Waals surface area contributed by atoms with Crippen LogP contribution >= 0.6 is 0 Å². The van der Waals surface area contributed by atoms with E-state index in [1.165, 1.54) is 0 Å². The Morgan fingerprint density at radius 2 is 1.86 bits per heavy atom. The molecule has 0 aliphatic heterocycles. The van der Waals surface area contributed by atoms with Crippen LogP contribution in [0.25, 0.3) is 0 Å². The van der Waals surface area contributed by atoms with Gasteiger partial charge in [0.15, 0.2) is 0 Å². The van der Waals surface area contributed by atoms with Gasteiger partial charge in [-0.05, 0) is 50.6 Å². The van der Waals surface area contributed by atoms with Crippen molar-refractivity contribution in [2.24, 2.45) is 0 Å². The van der Waals surface area contributed by atoms with E-state index in [0.29, 0.717) is 6.54 Å². The molecule has 1 aromatic carbocycles. The highest BCUT2D eigenvalue weighted by atomic mass is 16.6. The molecule has 5 nitrogen and oxygen atoms in total. The Morgan fingerprint density at radius 3 is 2.45 bits per heavy atom. The number of aromatic nitrogens is 1. The van der Waals surface area contributed by atoms with Gasteiger partial charge in [-0.3, -0.25) is 4.98 Å². The monoisotopic (exact) mass is 299 g/mol. The quantitative estimate of drug-likeness (QED) is 0.900. The predicted molar refractivity (Wildman–Crippen MR) is 87.0 cm³/mol. The number of nitrogens with zero attached hydrogens (tertiary/aromatic N) is 1. The summed E-state index contributed by atoms with van der Waals surface area (Å²) in [5.74, 6) is 0. The molecule has 2 rings (SSSR count). The van der Waals surface area contributed by atoms with Gasteiger partial charge in [-0.25, -0.2) is 4.79 Å². The van der Waals surface area contributed by atoms with E-state index in [2.05, 4.69) is 15.6 Å². The number of hydrogen-bond acceptors (Lipinski definition) is 4. The second-order valence-corrected chi connectivity index (χ2v) is 5.92. The molecule has 0 saturated carbocycles. The zero-order valence-corrected chi connectivity index (χ0v) is 13.1. The van der Waals surface area contributed by atoms with Gasteiger partial charge >= 0.3 is 6.09 Å². The number of nitrogens with one attached hydrogen (secondary N) is 2. The summed E-state index contributed by atoms with van der Waals surface area (Å²) in [7, 11) is 0. The van der Waals surface area contributed by atoms with Crippen molar-refractivity contribution in [3.8, 4) is 0 Å². The molecule has 0 aliphatic rings. The molecular weight excluding hydrogens is 278 g/mol. The third-order valence-corrected chi connectivity index (χ3v) is 2.74. The molecule has 0 bridgehead atoms. The largest absolute Gasteiger partial charge is 0.444 e. The molecule has 2 N–H and O–H groups in total. The minimum absolute atomic E-state index is 0.412. The first-order valence-corrected chi connectivity index (χ1v) is 7.15. The van der Waals surface area contributed by atoms with E-state index in [1.807, 2.05) is 57.2 Å². The molecule has 1 heterocycles. The highest BCUT2D eigenvalue weighted by Crippen LogP contribution is 2.16. The SMILES string of the molecule is CC(C)(C)OC(=O)NCc1ccc(Nc2cccnc2)cc1. The minimum Gasteiger partial charge on any atom is -0.444 e. The summed E-state index contributed by atoms with van der Waals surface area (Å²) in [6, 6.07) is 11.6. The molecule has 0 aliphatic carbocycles. The van der Waals surface area contributed by atoms with E-state index in [4.69, 9.17) is 4.74 Å². The van der Waals surface area contributed by atoms with Gasteiger partial charge in [0, 0.05) is 18.4 Å². The number of ether oxygens (including phenoxy) is 1. The van der Waals surface area contributed by atoms with E-state index in [9.17, 15) is 4.79 Å². The van der Waals surface area contributed by atoms with Gasteiger partial charge in [0.05, 0.1) is 11.9 Å². The van der Waals surface area contributed by atoms with Gasteiger partial charge in [-0.1, -0.05) is 12.1 Å². The zero-order valence-electron chi connectivity index (χ0n) is 13.1. The fraction of sp³-hybridized carbons (Fsp3) is 0.294. The fourth-order valence-corrected chi connectivity index (χ4v) is 1.80. The average Bonchev–Trinajstić information content (AvgIpc) is 2.46. The van der Waals surface area contributed by atoms with Crippen molar-refractivity contribution in [1.82, 2.24) is 10.3 Å². The van der Waals surface area contributed by atoms with Gasteiger partial charge < -0.3 is 15.4 Å². The third-order valence-electron chi connectivity index (χ3n) is 2.74. The summed E-state index contributed by atoms with van der Waals surface area (Å²) >= 11 is 0. The summed E-state index contributed by atoms with van der Waals surface area (Å²) in [5, 5.41) is 5.99. The zero-order chi connectivity index (χ0) is 16.0. The molecule has 22 heavy (non-hydrogen) atoms. The molecule has 2 aromatic rings. The molecular formula is C17H21N3O2. The minimum atomic E-state index is -0.485. The van der Waals surface area contributed by atoms with E-state index < -0.39 is 11.7 Å². The number of hydrogen-bond donors (Lipinski definition) is 2. The molecule has 0 atom stereocenters. The standard InChI is InChI=1S/C17H21N3O2/c1-17(2,3)22-16(21)19-11-13-6-8-14(9-7-13)20-15-5-4-10-18-12-15/h4-10,12,20H,11H2,1-3H3,(H,19,21). The van der Waals surface area contributed by atoms with E-state index in [0.717, 1.165) is 16.9 Å². The molecule has 116 valence electrons. The Kier molecular flexibility index (Phi) is 4.99. The van der Waals surface area contributed by atoms with Crippen LogP contribution in [0.4, 0.5) is 16.2 Å². The first-order valence-electron chi connectivity index (χ1n) is 7.15. The Bertz CT molecular complexity index is 604. The van der Waals surface area contributed by atoms with Gasteiger partial charge in [0.1, 0.15) is 5.60 Å². The van der Waals surface area contributed by atoms with Crippen LogP contribution in [0.5, 0.6) is 0 Å². The maximum absolute atomic E-state index is 11.6. The molecule has 0 saturated heterocycles. The molecule has 0 radical (unpaired) electrons. The number of amides is 1. The van der Waals surface area contributed by atoms with Crippen molar-refractivity contribution in [2.75, 3.05) is 5.32 Å². The summed E-state index contributed by atoms with van der Waals surface area (Å²) in [6.07, 6.45) is 3.08. The lowest BCUT2D eigenvalue weighted by atomic mass is 10.2. The highest BCUT2D eigenvalue weighted by Gasteiger charge is 2.15. The Morgan fingerprint density at radius 1 is 1.14 bits per heavy atom. The van der Waals surface area contributed by atoms with Crippen LogP contribution in [-0.2, 0) is 11.3 Å². The van der Waals surface area contributed by atoms with Crippen LogP contribution in [-0.4, -0.2) is 16.7 Å². The fourth-order valence-electron chi connectivity index (χ4n) is 1.80. The van der Waals surface area contributed by atoms with Crippen LogP contribution in [0.15, 0.2) is 48.8 Å². The molecule has 1 aromatic heterocycles. The maximum atomic E-state index is 11.6. The third kappa shape index (κ3) is 5.44. The van der Waals surface area contributed by atoms with E-state index in [-0.39, 0.29) is 0 Å². The van der Waals surface area contributed by atoms with Crippen molar-refractivity contribution in [3.63, 3.8) is 0 Å². The number of alkyl carbamates (subject to hydrolysis) is 1. The maximum Gasteiger partial charge on any atom is 0.407 e. The van der Waals surface area contributed by atoms with Crippen LogP contribution in [0, 0.1) is 0 Å². The Hall–Kier alpha value is -2.56. The van der Waals surface area contributed by atoms with Crippen LogP contribution < -0.4 is 10.6 Å². The lowest BCUT2D eigenvalue weighted by Gasteiger charge is -2.19. The molecule has 0 unspecified atom stereocenters. The lowest BCUT2D eigenvalue weighted by Crippen LogP contribution is -2.32. The summed E-state index contributed by atoms with van der Waals surface area (Å²) in [4.78, 5) is 15.6. The highest BCUT2D eigenvalue weighted by molar-refractivity contribution is 5.67. The van der Waals surface area contributed by atoms with Gasteiger partial charge in [-0.2, -0.15) is 0 Å². The van der Waals surface area contributed by atoms with Crippen molar-refractivity contribution in [3.05, 3.63) is 54.4 Å². The number of pyridine rings is 1. The number of anilines is 2. The first-order chi connectivity index (χ1) is 10.4. The van der Waals surface area contributed by atoms with Crippen LogP contribution in [0.2, 0.25) is 0 Å². The molecule has 5 heteroatoms. The second-order valence-electron chi connectivity index (χ2n) is 5.92. The first kappa shape index (κ1) is 15.8. The lowest BCUT2D eigenvalue weighted by molar-refractivity contribution is 0.0523. The summed E-state index contributed by atoms with van der Waals surface area (Å²) < 4.78 is 5.19. The van der Waals surface area contributed by atoms with Gasteiger partial charge in [0.25, 0.3) is 0 Å². The summed E-state index contributed by atoms with van der Waals surface area (Å²) in [5.41, 5.74) is 2.42. The van der Waals surface area contributed by atoms with Crippen LogP contribution in [0.3, 0.4) is 0 Å². The van der Waals surface area contributed by atoms with Crippen molar-refractivity contribution in [1.29, 1.82) is 0 Å². The van der Waals surface area contributed by atoms with Crippen molar-refractivity contribution >= 4 is 17.5 Å². The van der Waals surface area contributed by atoms with Gasteiger partial charge in [-0.15, -0.1) is 0 Å². The number of benzene rings is 1. The second kappa shape index (κ2) is 6.93. The van der Waals surface area contributed by atoms with Crippen molar-refractivity contribution < 1.29 is 9.53 Å². The predicted octanol–water partition coefficient (Wildman–Crippen LogP) is 3.85. The Labute approximate surface area is 130 Å². The Balaban J connectivity index is 1.86. The van der Waals surface area contributed by atoms with Gasteiger partial charge in [0.2, 0.25) is 0 Å². The molecule has 0 fully saturated rings. The normalized spacial score (nSPS) is 10.9. The molecule has 1 amide bonds. The average molecular weight is 299 g/mol. The van der Waals surface area contributed by atoms with Crippen LogP contribution in [0.1, 0.15) is 26.3 Å². The smallest absolute Gasteiger partial charge is 0.407 e. The summed E-state index contributed by atoms with van der Waals surface area (Å²) in [6.45, 7) is 5.95. The number of carbonyl (C=O) groups is 1. The molecule has 0 spiro atoms. The van der Waals surface area contributed by atoms with Crippen molar-refractivity contribution in [2.45, 2.75) is 32.9 Å².